The van der Waals surface area contributed by atoms with Crippen molar-refractivity contribution < 1.29 is 19.8 Å². The summed E-state index contributed by atoms with van der Waals surface area (Å²) in [6.45, 7) is 9.25. The first kappa shape index (κ1) is 20.0. The first-order valence-electron chi connectivity index (χ1n) is 8.75. The smallest absolute Gasteiger partial charge is 0.407 e. The summed E-state index contributed by atoms with van der Waals surface area (Å²) in [7, 11) is 0. The average molecular weight is 364 g/mol. The van der Waals surface area contributed by atoms with Gasteiger partial charge in [-0.2, -0.15) is 0 Å². The molecule has 1 aromatic heterocycles. The van der Waals surface area contributed by atoms with Crippen LogP contribution in [0.5, 0.6) is 0 Å². The van der Waals surface area contributed by atoms with Gasteiger partial charge in [0.15, 0.2) is 0 Å². The Bertz CT molecular complexity index is 642. The zero-order chi connectivity index (χ0) is 19.5. The molecule has 1 aliphatic heterocycles. The van der Waals surface area contributed by atoms with Gasteiger partial charge in [-0.15, -0.1) is 0 Å². The van der Waals surface area contributed by atoms with Crippen molar-refractivity contribution >= 4 is 17.7 Å². The lowest BCUT2D eigenvalue weighted by Gasteiger charge is -2.46. The molecule has 1 saturated heterocycles. The Labute approximate surface area is 153 Å². The van der Waals surface area contributed by atoms with Crippen LogP contribution in [0.4, 0.5) is 10.5 Å². The number of carbonyl (C=O) groups is 2. The van der Waals surface area contributed by atoms with Gasteiger partial charge in [0.2, 0.25) is 0 Å². The molecule has 0 radical (unpaired) electrons. The minimum atomic E-state index is -0.896. The van der Waals surface area contributed by atoms with E-state index < -0.39 is 6.09 Å². The van der Waals surface area contributed by atoms with Crippen LogP contribution >= 0.6 is 0 Å². The minimum absolute atomic E-state index is 0.133. The van der Waals surface area contributed by atoms with E-state index in [9.17, 15) is 14.7 Å². The lowest BCUT2D eigenvalue weighted by Crippen LogP contribution is -2.59. The van der Waals surface area contributed by atoms with Gasteiger partial charge in [0, 0.05) is 25.7 Å². The number of piperazine rings is 1. The van der Waals surface area contributed by atoms with Crippen LogP contribution in [0, 0.1) is 5.41 Å². The van der Waals surface area contributed by atoms with E-state index in [1.807, 2.05) is 26.8 Å². The zero-order valence-corrected chi connectivity index (χ0v) is 15.8. The second kappa shape index (κ2) is 7.90. The van der Waals surface area contributed by atoms with Gasteiger partial charge in [0.05, 0.1) is 24.5 Å². The maximum Gasteiger partial charge on any atom is 0.407 e. The summed E-state index contributed by atoms with van der Waals surface area (Å²) in [4.78, 5) is 31.4. The van der Waals surface area contributed by atoms with Crippen LogP contribution in [0.2, 0.25) is 0 Å². The molecule has 2 unspecified atom stereocenters. The highest BCUT2D eigenvalue weighted by atomic mass is 16.4. The number of pyridine rings is 1. The van der Waals surface area contributed by atoms with Crippen molar-refractivity contribution in [2.75, 3.05) is 31.1 Å². The van der Waals surface area contributed by atoms with Gasteiger partial charge in [0.1, 0.15) is 5.69 Å². The summed E-state index contributed by atoms with van der Waals surface area (Å²) in [5.41, 5.74) is 0.951. The van der Waals surface area contributed by atoms with Crippen LogP contribution in [0.3, 0.4) is 0 Å². The van der Waals surface area contributed by atoms with Crippen LogP contribution in [-0.4, -0.2) is 70.4 Å². The maximum atomic E-state index is 12.0. The normalized spacial score (nSPS) is 19.2. The molecule has 26 heavy (non-hydrogen) atoms. The maximum absolute atomic E-state index is 12.0. The predicted molar refractivity (Wildman–Crippen MR) is 98.4 cm³/mol. The van der Waals surface area contributed by atoms with Crippen LogP contribution < -0.4 is 10.2 Å². The molecule has 1 aromatic rings. The van der Waals surface area contributed by atoms with Gasteiger partial charge < -0.3 is 25.3 Å². The second-order valence-electron chi connectivity index (χ2n) is 7.76. The first-order valence-corrected chi connectivity index (χ1v) is 8.75. The van der Waals surface area contributed by atoms with Crippen molar-refractivity contribution in [3.05, 3.63) is 24.0 Å². The van der Waals surface area contributed by atoms with Crippen molar-refractivity contribution in [1.29, 1.82) is 0 Å². The molecule has 2 rings (SSSR count). The molecule has 3 N–H and O–H groups in total. The van der Waals surface area contributed by atoms with Gasteiger partial charge in [-0.05, 0) is 24.5 Å². The van der Waals surface area contributed by atoms with Crippen molar-refractivity contribution in [2.24, 2.45) is 5.41 Å². The highest BCUT2D eigenvalue weighted by Crippen LogP contribution is 2.29. The van der Waals surface area contributed by atoms with Gasteiger partial charge in [-0.3, -0.25) is 4.79 Å². The molecule has 0 aromatic carbocycles. The number of aliphatic hydroxyl groups excluding tert-OH is 1. The standard InChI is InChI=1S/C18H28N4O4/c1-12(11-23)20-16(24)14-6-5-13(9-19-14)21-7-8-22(17(25)26)15(10-21)18(2,3)4/h5-6,9,12,15,23H,7-8,10-11H2,1-4H3,(H,20,24)(H,25,26). The Kier molecular flexibility index (Phi) is 6.07. The van der Waals surface area contributed by atoms with Crippen LogP contribution in [-0.2, 0) is 0 Å². The lowest BCUT2D eigenvalue weighted by molar-refractivity contribution is 0.0748. The fraction of sp³-hybridized carbons (Fsp3) is 0.611. The molecule has 0 spiro atoms. The predicted octanol–water partition coefficient (Wildman–Crippen LogP) is 1.41. The third-order valence-electron chi connectivity index (χ3n) is 4.62. The van der Waals surface area contributed by atoms with E-state index in [4.69, 9.17) is 5.11 Å². The second-order valence-corrected chi connectivity index (χ2v) is 7.76. The molecule has 0 saturated carbocycles. The average Bonchev–Trinajstić information content (AvgIpc) is 2.60. The number of carbonyl (C=O) groups excluding carboxylic acids is 1. The number of nitrogens with zero attached hydrogens (tertiary/aromatic N) is 3. The monoisotopic (exact) mass is 364 g/mol. The summed E-state index contributed by atoms with van der Waals surface area (Å²) in [6.07, 6.45) is 0.738. The molecular weight excluding hydrogens is 336 g/mol. The molecule has 2 amide bonds. The molecular formula is C18H28N4O4. The molecule has 8 heteroatoms. The summed E-state index contributed by atoms with van der Waals surface area (Å²) in [5.74, 6) is -0.332. The number of amides is 2. The number of hydrogen-bond donors (Lipinski definition) is 3. The van der Waals surface area contributed by atoms with Crippen LogP contribution in [0.1, 0.15) is 38.2 Å². The van der Waals surface area contributed by atoms with Crippen molar-refractivity contribution in [3.63, 3.8) is 0 Å². The SMILES string of the molecule is CC(CO)NC(=O)c1ccc(N2CCN(C(=O)O)C(C(C)(C)C)C2)cn1. The van der Waals surface area contributed by atoms with Crippen molar-refractivity contribution in [2.45, 2.75) is 39.8 Å². The number of anilines is 1. The Balaban J connectivity index is 2.11. The Morgan fingerprint density at radius 2 is 2.04 bits per heavy atom. The van der Waals surface area contributed by atoms with Gasteiger partial charge in [-0.25, -0.2) is 9.78 Å². The summed E-state index contributed by atoms with van der Waals surface area (Å²) >= 11 is 0. The summed E-state index contributed by atoms with van der Waals surface area (Å²) < 4.78 is 0. The highest BCUT2D eigenvalue weighted by Gasteiger charge is 2.38. The Morgan fingerprint density at radius 3 is 2.54 bits per heavy atom. The van der Waals surface area contributed by atoms with Crippen molar-refractivity contribution in [1.82, 2.24) is 15.2 Å². The third kappa shape index (κ3) is 4.63. The lowest BCUT2D eigenvalue weighted by atomic mass is 9.84. The number of aromatic nitrogens is 1. The van der Waals surface area contributed by atoms with E-state index in [0.29, 0.717) is 19.6 Å². The van der Waals surface area contributed by atoms with E-state index in [1.165, 1.54) is 4.90 Å². The number of aliphatic hydroxyl groups is 1. The first-order chi connectivity index (χ1) is 12.1. The Morgan fingerprint density at radius 1 is 1.35 bits per heavy atom. The van der Waals surface area contributed by atoms with Gasteiger partial charge in [-0.1, -0.05) is 20.8 Å². The van der Waals surface area contributed by atoms with Crippen LogP contribution in [0.15, 0.2) is 18.3 Å². The summed E-state index contributed by atoms with van der Waals surface area (Å²) in [5, 5.41) is 21.1. The molecule has 2 heterocycles. The van der Waals surface area contributed by atoms with Gasteiger partial charge in [0.25, 0.3) is 5.91 Å². The van der Waals surface area contributed by atoms with E-state index in [2.05, 4.69) is 15.2 Å². The molecule has 8 nitrogen and oxygen atoms in total. The molecule has 0 bridgehead atoms. The van der Waals surface area contributed by atoms with Crippen molar-refractivity contribution in [3.8, 4) is 0 Å². The van der Waals surface area contributed by atoms with Crippen LogP contribution in [0.25, 0.3) is 0 Å². The third-order valence-corrected chi connectivity index (χ3v) is 4.62. The molecule has 144 valence electrons. The van der Waals surface area contributed by atoms with E-state index in [1.54, 1.807) is 19.2 Å². The number of hydrogen-bond acceptors (Lipinski definition) is 5. The van der Waals surface area contributed by atoms with E-state index in [0.717, 1.165) is 5.69 Å². The number of rotatable bonds is 4. The number of carboxylic acid groups (broad SMARTS) is 1. The highest BCUT2D eigenvalue weighted by molar-refractivity contribution is 5.92. The largest absolute Gasteiger partial charge is 0.465 e. The van der Waals surface area contributed by atoms with E-state index >= 15 is 0 Å². The van der Waals surface area contributed by atoms with E-state index in [-0.39, 0.29) is 35.7 Å². The molecule has 1 aliphatic rings. The molecule has 2 atom stereocenters. The quantitative estimate of drug-likeness (QED) is 0.746. The fourth-order valence-corrected chi connectivity index (χ4v) is 3.04. The fourth-order valence-electron chi connectivity index (χ4n) is 3.04. The number of nitrogens with one attached hydrogen (secondary N) is 1. The molecule has 0 aliphatic carbocycles. The topological polar surface area (TPSA) is 106 Å². The Hall–Kier alpha value is -2.35. The van der Waals surface area contributed by atoms with Gasteiger partial charge >= 0.3 is 6.09 Å². The molecule has 1 fully saturated rings. The summed E-state index contributed by atoms with van der Waals surface area (Å²) in [6, 6.07) is 2.99. The minimum Gasteiger partial charge on any atom is -0.465 e. The zero-order valence-electron chi connectivity index (χ0n) is 15.8.